The van der Waals surface area contributed by atoms with Gasteiger partial charge in [0.15, 0.2) is 0 Å². The molecule has 1 aromatic heterocycles. The van der Waals surface area contributed by atoms with Gasteiger partial charge in [-0.1, -0.05) is 13.8 Å². The lowest BCUT2D eigenvalue weighted by Crippen LogP contribution is -2.35. The molecule has 0 saturated carbocycles. The van der Waals surface area contributed by atoms with Gasteiger partial charge in [0.25, 0.3) is 5.91 Å². The topological polar surface area (TPSA) is 57.6 Å². The molecule has 20 heavy (non-hydrogen) atoms. The Balaban J connectivity index is 2.04. The summed E-state index contributed by atoms with van der Waals surface area (Å²) >= 11 is 1.07. The van der Waals surface area contributed by atoms with Crippen LogP contribution in [0.4, 0.5) is 0 Å². The first-order chi connectivity index (χ1) is 9.49. The second-order valence-electron chi connectivity index (χ2n) is 5.73. The van der Waals surface area contributed by atoms with Crippen LogP contribution in [0.15, 0.2) is 12.1 Å². The second-order valence-corrected chi connectivity index (χ2v) is 6.82. The van der Waals surface area contributed by atoms with Gasteiger partial charge in [-0.05, 0) is 43.7 Å². The number of carbonyl (C=O) groups is 2. The molecular formula is C15H21NO3S. The molecule has 0 unspecified atom stereocenters. The number of amides is 1. The molecule has 4 nitrogen and oxygen atoms in total. The summed E-state index contributed by atoms with van der Waals surface area (Å²) in [5.41, 5.74) is 0. The van der Waals surface area contributed by atoms with Gasteiger partial charge in [0.1, 0.15) is 4.88 Å². The zero-order valence-corrected chi connectivity index (χ0v) is 12.8. The highest BCUT2D eigenvalue weighted by molar-refractivity contribution is 7.15. The number of carboxylic acids is 1. The van der Waals surface area contributed by atoms with E-state index in [0.717, 1.165) is 43.6 Å². The number of hydrogen-bond donors (Lipinski definition) is 1. The van der Waals surface area contributed by atoms with Gasteiger partial charge in [0, 0.05) is 12.6 Å². The predicted octanol–water partition coefficient (Wildman–Crippen LogP) is 3.49. The SMILES string of the molecule is CC(C)CC[C@H]1CCCN1C(=O)c1ccc(C(=O)O)s1. The summed E-state index contributed by atoms with van der Waals surface area (Å²) in [4.78, 5) is 26.1. The van der Waals surface area contributed by atoms with E-state index in [4.69, 9.17) is 5.11 Å². The molecule has 0 bridgehead atoms. The second kappa shape index (κ2) is 6.39. The summed E-state index contributed by atoms with van der Waals surface area (Å²) in [5, 5.41) is 8.93. The van der Waals surface area contributed by atoms with E-state index in [-0.39, 0.29) is 10.8 Å². The summed E-state index contributed by atoms with van der Waals surface area (Å²) in [6, 6.07) is 3.47. The highest BCUT2D eigenvalue weighted by Crippen LogP contribution is 2.27. The van der Waals surface area contributed by atoms with Crippen molar-refractivity contribution in [3.8, 4) is 0 Å². The molecule has 1 saturated heterocycles. The van der Waals surface area contributed by atoms with Gasteiger partial charge in [0.2, 0.25) is 0 Å². The predicted molar refractivity (Wildman–Crippen MR) is 79.4 cm³/mol. The Labute approximate surface area is 123 Å². The van der Waals surface area contributed by atoms with Crippen molar-refractivity contribution in [3.63, 3.8) is 0 Å². The highest BCUT2D eigenvalue weighted by Gasteiger charge is 2.30. The first-order valence-electron chi connectivity index (χ1n) is 7.13. The van der Waals surface area contributed by atoms with Gasteiger partial charge in [-0.15, -0.1) is 11.3 Å². The molecule has 1 fully saturated rings. The molecule has 2 rings (SSSR count). The Bertz CT molecular complexity index is 495. The maximum absolute atomic E-state index is 12.5. The van der Waals surface area contributed by atoms with Crippen LogP contribution in [0.2, 0.25) is 0 Å². The maximum Gasteiger partial charge on any atom is 0.345 e. The first-order valence-corrected chi connectivity index (χ1v) is 7.94. The van der Waals surface area contributed by atoms with Crippen molar-refractivity contribution in [2.24, 2.45) is 5.92 Å². The van der Waals surface area contributed by atoms with E-state index in [0.29, 0.717) is 16.8 Å². The number of thiophene rings is 1. The minimum Gasteiger partial charge on any atom is -0.477 e. The Morgan fingerprint density at radius 2 is 2.10 bits per heavy atom. The fourth-order valence-corrected chi connectivity index (χ4v) is 3.44. The van der Waals surface area contributed by atoms with Crippen molar-refractivity contribution in [2.45, 2.75) is 45.6 Å². The van der Waals surface area contributed by atoms with E-state index in [9.17, 15) is 9.59 Å². The van der Waals surface area contributed by atoms with Crippen LogP contribution in [0.1, 0.15) is 58.9 Å². The van der Waals surface area contributed by atoms with E-state index in [1.165, 1.54) is 6.07 Å². The van der Waals surface area contributed by atoms with Gasteiger partial charge in [-0.3, -0.25) is 4.79 Å². The maximum atomic E-state index is 12.5. The molecule has 5 heteroatoms. The number of rotatable bonds is 5. The van der Waals surface area contributed by atoms with Crippen LogP contribution < -0.4 is 0 Å². The van der Waals surface area contributed by atoms with Crippen molar-refractivity contribution in [1.82, 2.24) is 4.90 Å². The van der Waals surface area contributed by atoms with Gasteiger partial charge in [-0.25, -0.2) is 4.79 Å². The van der Waals surface area contributed by atoms with Crippen molar-refractivity contribution in [2.75, 3.05) is 6.54 Å². The molecule has 0 spiro atoms. The molecule has 0 aromatic carbocycles. The lowest BCUT2D eigenvalue weighted by atomic mass is 10.0. The van der Waals surface area contributed by atoms with Crippen molar-refractivity contribution < 1.29 is 14.7 Å². The first kappa shape index (κ1) is 15.0. The zero-order chi connectivity index (χ0) is 14.7. The molecule has 1 N–H and O–H groups in total. The summed E-state index contributed by atoms with van der Waals surface area (Å²) in [5.74, 6) is -0.325. The average molecular weight is 295 g/mol. The number of likely N-dealkylation sites (tertiary alicyclic amines) is 1. The van der Waals surface area contributed by atoms with E-state index >= 15 is 0 Å². The van der Waals surface area contributed by atoms with Crippen LogP contribution in [0, 0.1) is 5.92 Å². The Kier molecular flexibility index (Phi) is 4.81. The molecule has 1 aromatic rings. The van der Waals surface area contributed by atoms with Crippen LogP contribution in [0.5, 0.6) is 0 Å². The average Bonchev–Trinajstić information content (AvgIpc) is 3.04. The molecule has 2 heterocycles. The van der Waals surface area contributed by atoms with Gasteiger partial charge in [-0.2, -0.15) is 0 Å². The highest BCUT2D eigenvalue weighted by atomic mass is 32.1. The number of nitrogens with zero attached hydrogens (tertiary/aromatic N) is 1. The molecule has 1 amide bonds. The number of carbonyl (C=O) groups excluding carboxylic acids is 1. The zero-order valence-electron chi connectivity index (χ0n) is 12.0. The molecular weight excluding hydrogens is 274 g/mol. The van der Waals surface area contributed by atoms with Gasteiger partial charge < -0.3 is 10.0 Å². The van der Waals surface area contributed by atoms with Crippen LogP contribution >= 0.6 is 11.3 Å². The molecule has 110 valence electrons. The van der Waals surface area contributed by atoms with E-state index < -0.39 is 5.97 Å². The number of hydrogen-bond acceptors (Lipinski definition) is 3. The minimum absolute atomic E-state index is 0.00578. The number of carboxylic acid groups (broad SMARTS) is 1. The smallest absolute Gasteiger partial charge is 0.345 e. The molecule has 0 aliphatic carbocycles. The lowest BCUT2D eigenvalue weighted by molar-refractivity contribution is 0.0700. The normalized spacial score (nSPS) is 18.8. The van der Waals surface area contributed by atoms with Crippen molar-refractivity contribution in [1.29, 1.82) is 0 Å². The monoisotopic (exact) mass is 295 g/mol. The quantitative estimate of drug-likeness (QED) is 0.904. The summed E-state index contributed by atoms with van der Waals surface area (Å²) in [6.07, 6.45) is 4.28. The Morgan fingerprint density at radius 3 is 2.70 bits per heavy atom. The molecule has 1 aliphatic rings. The fraction of sp³-hybridized carbons (Fsp3) is 0.600. The van der Waals surface area contributed by atoms with Crippen LogP contribution in [-0.4, -0.2) is 34.5 Å². The Morgan fingerprint density at radius 1 is 1.40 bits per heavy atom. The standard InChI is InChI=1S/C15H21NO3S/c1-10(2)5-6-11-4-3-9-16(11)14(17)12-7-8-13(20-12)15(18)19/h7-8,10-11H,3-6,9H2,1-2H3,(H,18,19)/t11-/m1/s1. The van der Waals surface area contributed by atoms with Gasteiger partial charge in [0.05, 0.1) is 4.88 Å². The van der Waals surface area contributed by atoms with E-state index in [1.807, 2.05) is 4.90 Å². The summed E-state index contributed by atoms with van der Waals surface area (Å²) in [7, 11) is 0. The largest absolute Gasteiger partial charge is 0.477 e. The minimum atomic E-state index is -0.966. The number of aromatic carboxylic acids is 1. The third-order valence-corrected chi connectivity index (χ3v) is 4.80. The third kappa shape index (κ3) is 3.39. The van der Waals surface area contributed by atoms with Crippen molar-refractivity contribution in [3.05, 3.63) is 21.9 Å². The van der Waals surface area contributed by atoms with E-state index in [1.54, 1.807) is 6.07 Å². The van der Waals surface area contributed by atoms with Crippen molar-refractivity contribution >= 4 is 23.2 Å². The van der Waals surface area contributed by atoms with Crippen LogP contribution in [0.25, 0.3) is 0 Å². The van der Waals surface area contributed by atoms with Gasteiger partial charge >= 0.3 is 5.97 Å². The molecule has 1 aliphatic heterocycles. The van der Waals surface area contributed by atoms with Crippen LogP contribution in [0.3, 0.4) is 0 Å². The molecule has 0 radical (unpaired) electrons. The van der Waals surface area contributed by atoms with Crippen LogP contribution in [-0.2, 0) is 0 Å². The lowest BCUT2D eigenvalue weighted by Gasteiger charge is -2.24. The molecule has 1 atom stereocenters. The summed E-state index contributed by atoms with van der Waals surface area (Å²) in [6.45, 7) is 5.18. The third-order valence-electron chi connectivity index (χ3n) is 3.74. The Hall–Kier alpha value is -1.36. The summed E-state index contributed by atoms with van der Waals surface area (Å²) < 4.78 is 0. The fourth-order valence-electron chi connectivity index (χ4n) is 2.64. The van der Waals surface area contributed by atoms with E-state index in [2.05, 4.69) is 13.8 Å².